The summed E-state index contributed by atoms with van der Waals surface area (Å²) in [6.07, 6.45) is 5.09. The highest BCUT2D eigenvalue weighted by Gasteiger charge is 2.22. The Labute approximate surface area is 98.4 Å². The summed E-state index contributed by atoms with van der Waals surface area (Å²) in [5.74, 6) is 0. The molecule has 88 valence electrons. The summed E-state index contributed by atoms with van der Waals surface area (Å²) < 4.78 is 0. The van der Waals surface area contributed by atoms with Crippen LogP contribution >= 0.6 is 0 Å². The van der Waals surface area contributed by atoms with Crippen LogP contribution in [0.15, 0.2) is 24.3 Å². The molecule has 0 radical (unpaired) electrons. The van der Waals surface area contributed by atoms with Gasteiger partial charge in [-0.05, 0) is 50.8 Å². The molecule has 1 aromatic carbocycles. The van der Waals surface area contributed by atoms with E-state index in [0.29, 0.717) is 6.04 Å². The molecule has 16 heavy (non-hydrogen) atoms. The van der Waals surface area contributed by atoms with Gasteiger partial charge in [-0.25, -0.2) is 0 Å². The summed E-state index contributed by atoms with van der Waals surface area (Å²) in [5, 5.41) is 0. The standard InChI is InChI=1S/C14H22N2/c1-12-6-2-3-8-14(12)16-11-5-4-7-13(16)9-10-15/h2-3,6,8,13H,4-5,7,9-11,15H2,1H3. The summed E-state index contributed by atoms with van der Waals surface area (Å²) in [5.41, 5.74) is 8.50. The molecule has 1 fully saturated rings. The summed E-state index contributed by atoms with van der Waals surface area (Å²) >= 11 is 0. The van der Waals surface area contributed by atoms with Crippen molar-refractivity contribution in [1.82, 2.24) is 0 Å². The van der Waals surface area contributed by atoms with Crippen LogP contribution in [-0.4, -0.2) is 19.1 Å². The van der Waals surface area contributed by atoms with Gasteiger partial charge in [0, 0.05) is 18.3 Å². The molecule has 1 aliphatic heterocycles. The maximum absolute atomic E-state index is 5.71. The average molecular weight is 218 g/mol. The van der Waals surface area contributed by atoms with Crippen LogP contribution in [0.5, 0.6) is 0 Å². The molecule has 0 amide bonds. The number of hydrogen-bond acceptors (Lipinski definition) is 2. The van der Waals surface area contributed by atoms with E-state index in [9.17, 15) is 0 Å². The predicted molar refractivity (Wildman–Crippen MR) is 69.8 cm³/mol. The molecule has 2 heteroatoms. The van der Waals surface area contributed by atoms with Gasteiger partial charge in [-0.2, -0.15) is 0 Å². The molecule has 1 heterocycles. The Kier molecular flexibility index (Phi) is 3.83. The predicted octanol–water partition coefficient (Wildman–Crippen LogP) is 2.70. The lowest BCUT2D eigenvalue weighted by Crippen LogP contribution is -2.41. The lowest BCUT2D eigenvalue weighted by Gasteiger charge is -2.38. The Morgan fingerprint density at radius 3 is 2.88 bits per heavy atom. The van der Waals surface area contributed by atoms with Gasteiger partial charge in [-0.1, -0.05) is 18.2 Å². The summed E-state index contributed by atoms with van der Waals surface area (Å²) in [4.78, 5) is 2.56. The third-order valence-corrected chi connectivity index (χ3v) is 3.55. The van der Waals surface area contributed by atoms with Crippen molar-refractivity contribution >= 4 is 5.69 Å². The number of benzene rings is 1. The van der Waals surface area contributed by atoms with Crippen molar-refractivity contribution < 1.29 is 0 Å². The minimum Gasteiger partial charge on any atom is -0.368 e. The zero-order chi connectivity index (χ0) is 11.4. The lowest BCUT2D eigenvalue weighted by atomic mass is 9.97. The second kappa shape index (κ2) is 5.35. The smallest absolute Gasteiger partial charge is 0.0398 e. The van der Waals surface area contributed by atoms with Gasteiger partial charge in [-0.3, -0.25) is 0 Å². The van der Waals surface area contributed by atoms with Crippen molar-refractivity contribution in [2.75, 3.05) is 18.0 Å². The summed E-state index contributed by atoms with van der Waals surface area (Å²) in [6.45, 7) is 4.19. The Bertz CT molecular complexity index is 333. The molecular formula is C14H22N2. The van der Waals surface area contributed by atoms with Gasteiger partial charge in [-0.15, -0.1) is 0 Å². The van der Waals surface area contributed by atoms with Gasteiger partial charge < -0.3 is 10.6 Å². The SMILES string of the molecule is Cc1ccccc1N1CCCCC1CCN. The van der Waals surface area contributed by atoms with Crippen LogP contribution in [0.1, 0.15) is 31.2 Å². The van der Waals surface area contributed by atoms with Crippen molar-refractivity contribution in [3.63, 3.8) is 0 Å². The number of rotatable bonds is 3. The second-order valence-electron chi connectivity index (χ2n) is 4.71. The van der Waals surface area contributed by atoms with Crippen LogP contribution in [0.4, 0.5) is 5.69 Å². The highest BCUT2D eigenvalue weighted by molar-refractivity contribution is 5.54. The molecule has 0 spiro atoms. The fourth-order valence-corrected chi connectivity index (χ4v) is 2.70. The highest BCUT2D eigenvalue weighted by Crippen LogP contribution is 2.28. The van der Waals surface area contributed by atoms with Crippen LogP contribution in [0.3, 0.4) is 0 Å². The Hall–Kier alpha value is -1.02. The zero-order valence-corrected chi connectivity index (χ0v) is 10.2. The maximum atomic E-state index is 5.71. The minimum atomic E-state index is 0.653. The molecule has 1 aliphatic rings. The summed E-state index contributed by atoms with van der Waals surface area (Å²) in [6, 6.07) is 9.34. The molecule has 0 bridgehead atoms. The first-order valence-electron chi connectivity index (χ1n) is 6.35. The fraction of sp³-hybridized carbons (Fsp3) is 0.571. The van der Waals surface area contributed by atoms with E-state index in [4.69, 9.17) is 5.73 Å². The Morgan fingerprint density at radius 2 is 2.12 bits per heavy atom. The maximum Gasteiger partial charge on any atom is 0.0398 e. The molecular weight excluding hydrogens is 196 g/mol. The van der Waals surface area contributed by atoms with Crippen molar-refractivity contribution in [1.29, 1.82) is 0 Å². The summed E-state index contributed by atoms with van der Waals surface area (Å²) in [7, 11) is 0. The van der Waals surface area contributed by atoms with E-state index in [0.717, 1.165) is 13.0 Å². The van der Waals surface area contributed by atoms with Crippen molar-refractivity contribution in [3.8, 4) is 0 Å². The monoisotopic (exact) mass is 218 g/mol. The number of para-hydroxylation sites is 1. The van der Waals surface area contributed by atoms with E-state index in [1.807, 2.05) is 0 Å². The third-order valence-electron chi connectivity index (χ3n) is 3.55. The largest absolute Gasteiger partial charge is 0.368 e. The van der Waals surface area contributed by atoms with Gasteiger partial charge in [0.05, 0.1) is 0 Å². The van der Waals surface area contributed by atoms with Crippen molar-refractivity contribution in [2.45, 2.75) is 38.6 Å². The van der Waals surface area contributed by atoms with Gasteiger partial charge in [0.15, 0.2) is 0 Å². The molecule has 1 atom stereocenters. The van der Waals surface area contributed by atoms with Crippen molar-refractivity contribution in [2.24, 2.45) is 5.73 Å². The second-order valence-corrected chi connectivity index (χ2v) is 4.71. The quantitative estimate of drug-likeness (QED) is 0.845. The van der Waals surface area contributed by atoms with Crippen LogP contribution in [0, 0.1) is 6.92 Å². The number of nitrogens with zero attached hydrogens (tertiary/aromatic N) is 1. The van der Waals surface area contributed by atoms with Gasteiger partial charge >= 0.3 is 0 Å². The van der Waals surface area contributed by atoms with E-state index < -0.39 is 0 Å². The third kappa shape index (κ3) is 2.38. The van der Waals surface area contributed by atoms with Crippen LogP contribution in [-0.2, 0) is 0 Å². The fourth-order valence-electron chi connectivity index (χ4n) is 2.70. The number of nitrogens with two attached hydrogens (primary N) is 1. The molecule has 0 aromatic heterocycles. The van der Waals surface area contributed by atoms with Crippen molar-refractivity contribution in [3.05, 3.63) is 29.8 Å². The lowest BCUT2D eigenvalue weighted by molar-refractivity contribution is 0.441. The first-order chi connectivity index (χ1) is 7.83. The Balaban J connectivity index is 2.19. The number of hydrogen-bond donors (Lipinski definition) is 1. The minimum absolute atomic E-state index is 0.653. The zero-order valence-electron chi connectivity index (χ0n) is 10.2. The average Bonchev–Trinajstić information content (AvgIpc) is 2.31. The van der Waals surface area contributed by atoms with E-state index in [-0.39, 0.29) is 0 Å². The number of anilines is 1. The first-order valence-corrected chi connectivity index (χ1v) is 6.35. The van der Waals surface area contributed by atoms with Crippen LogP contribution < -0.4 is 10.6 Å². The van der Waals surface area contributed by atoms with E-state index in [1.165, 1.54) is 37.1 Å². The molecule has 0 saturated carbocycles. The molecule has 1 aromatic rings. The van der Waals surface area contributed by atoms with Gasteiger partial charge in [0.2, 0.25) is 0 Å². The van der Waals surface area contributed by atoms with Crippen LogP contribution in [0.25, 0.3) is 0 Å². The normalized spacial score (nSPS) is 21.1. The molecule has 0 aliphatic carbocycles. The molecule has 1 unspecified atom stereocenters. The molecule has 1 saturated heterocycles. The molecule has 2 rings (SSSR count). The number of aryl methyl sites for hydroxylation is 1. The van der Waals surface area contributed by atoms with E-state index in [1.54, 1.807) is 0 Å². The number of piperidine rings is 1. The van der Waals surface area contributed by atoms with Gasteiger partial charge in [0.25, 0.3) is 0 Å². The van der Waals surface area contributed by atoms with E-state index >= 15 is 0 Å². The first kappa shape index (κ1) is 11.5. The highest BCUT2D eigenvalue weighted by atomic mass is 15.2. The van der Waals surface area contributed by atoms with Gasteiger partial charge in [0.1, 0.15) is 0 Å². The van der Waals surface area contributed by atoms with E-state index in [2.05, 4.69) is 36.1 Å². The van der Waals surface area contributed by atoms with Crippen LogP contribution in [0.2, 0.25) is 0 Å². The topological polar surface area (TPSA) is 29.3 Å². The molecule has 2 nitrogen and oxygen atoms in total. The molecule has 2 N–H and O–H groups in total. The Morgan fingerprint density at radius 1 is 1.31 bits per heavy atom.